The maximum atomic E-state index is 12.0. The van der Waals surface area contributed by atoms with Crippen molar-refractivity contribution in [1.82, 2.24) is 0 Å². The summed E-state index contributed by atoms with van der Waals surface area (Å²) in [5, 5.41) is 7.81. The number of thiophene rings is 1. The van der Waals surface area contributed by atoms with Crippen LogP contribution in [0.3, 0.4) is 0 Å². The van der Waals surface area contributed by atoms with Crippen molar-refractivity contribution in [2.75, 3.05) is 5.32 Å². The Morgan fingerprint density at radius 3 is 2.55 bits per heavy atom. The van der Waals surface area contributed by atoms with Gasteiger partial charge < -0.3 is 5.32 Å². The lowest BCUT2D eigenvalue weighted by Crippen LogP contribution is -2.14. The van der Waals surface area contributed by atoms with Gasteiger partial charge in [0.25, 0.3) is 5.91 Å². The van der Waals surface area contributed by atoms with Gasteiger partial charge in [0.1, 0.15) is 0 Å². The number of primary sulfonamides is 1. The summed E-state index contributed by atoms with van der Waals surface area (Å²) >= 11 is 10.4. The van der Waals surface area contributed by atoms with Crippen LogP contribution in [0, 0.1) is 0 Å². The Morgan fingerprint density at radius 2 is 2.00 bits per heavy atom. The van der Waals surface area contributed by atoms with Crippen LogP contribution in [0.25, 0.3) is 0 Å². The molecule has 0 aliphatic heterocycles. The number of carbonyl (C=O) groups excluding carboxylic acids is 1. The summed E-state index contributed by atoms with van der Waals surface area (Å²) < 4.78 is 23.4. The highest BCUT2D eigenvalue weighted by atomic mass is 79.9. The lowest BCUT2D eigenvalue weighted by Gasteiger charge is -2.07. The monoisotopic (exact) mass is 394 g/mol. The van der Waals surface area contributed by atoms with Gasteiger partial charge in [-0.15, -0.1) is 11.3 Å². The number of rotatable bonds is 3. The fourth-order valence-electron chi connectivity index (χ4n) is 1.40. The second kappa shape index (κ2) is 5.82. The summed E-state index contributed by atoms with van der Waals surface area (Å²) in [5.41, 5.74) is 0.188. The summed E-state index contributed by atoms with van der Waals surface area (Å²) in [7, 11) is -3.85. The van der Waals surface area contributed by atoms with Crippen LogP contribution in [0.2, 0.25) is 5.02 Å². The summed E-state index contributed by atoms with van der Waals surface area (Å²) in [6.45, 7) is 0. The molecule has 1 heterocycles. The second-order valence-corrected chi connectivity index (χ2v) is 8.18. The van der Waals surface area contributed by atoms with Crippen LogP contribution in [0.1, 0.15) is 9.67 Å². The van der Waals surface area contributed by atoms with Crippen LogP contribution < -0.4 is 10.5 Å². The molecular weight excluding hydrogens is 388 g/mol. The standard InChI is InChI=1S/C11H8BrClN2O3S2/c12-10-4-3-9(19-10)11(16)15-8-5-6(20(14,17)18)1-2-7(8)13/h1-5H,(H,15,16)(H2,14,17,18). The van der Waals surface area contributed by atoms with Crippen LogP contribution in [0.15, 0.2) is 39.0 Å². The molecule has 1 amide bonds. The molecule has 5 nitrogen and oxygen atoms in total. The molecule has 0 bridgehead atoms. The highest BCUT2D eigenvalue weighted by Gasteiger charge is 2.14. The minimum Gasteiger partial charge on any atom is -0.320 e. The van der Waals surface area contributed by atoms with Crippen molar-refractivity contribution < 1.29 is 13.2 Å². The molecule has 2 rings (SSSR count). The molecule has 3 N–H and O–H groups in total. The molecule has 0 saturated heterocycles. The first-order valence-electron chi connectivity index (χ1n) is 5.16. The third-order valence-electron chi connectivity index (χ3n) is 2.31. The molecule has 0 aliphatic rings. The molecule has 0 saturated carbocycles. The number of hydrogen-bond acceptors (Lipinski definition) is 4. The molecule has 0 fully saturated rings. The summed E-state index contributed by atoms with van der Waals surface area (Å²) in [6, 6.07) is 7.23. The molecule has 106 valence electrons. The van der Waals surface area contributed by atoms with Crippen molar-refractivity contribution in [3.8, 4) is 0 Å². The van der Waals surface area contributed by atoms with Crippen molar-refractivity contribution in [1.29, 1.82) is 0 Å². The van der Waals surface area contributed by atoms with E-state index in [-0.39, 0.29) is 21.5 Å². The van der Waals surface area contributed by atoms with Gasteiger partial charge in [0.05, 0.1) is 24.3 Å². The summed E-state index contributed by atoms with van der Waals surface area (Å²) in [5.74, 6) is -0.380. The van der Waals surface area contributed by atoms with E-state index in [1.807, 2.05) is 0 Å². The second-order valence-electron chi connectivity index (χ2n) is 3.74. The number of nitrogens with one attached hydrogen (secondary N) is 1. The lowest BCUT2D eigenvalue weighted by atomic mass is 10.3. The van der Waals surface area contributed by atoms with Gasteiger partial charge in [0.2, 0.25) is 10.0 Å². The number of halogens is 2. The zero-order valence-electron chi connectivity index (χ0n) is 9.76. The Labute approximate surface area is 132 Å². The summed E-state index contributed by atoms with van der Waals surface area (Å²) in [4.78, 5) is 12.3. The van der Waals surface area contributed by atoms with Crippen molar-refractivity contribution in [3.63, 3.8) is 0 Å². The van der Waals surface area contributed by atoms with Crippen LogP contribution in [-0.2, 0) is 10.0 Å². The SMILES string of the molecule is NS(=O)(=O)c1ccc(Cl)c(NC(=O)c2ccc(Br)s2)c1. The van der Waals surface area contributed by atoms with Gasteiger partial charge in [0, 0.05) is 0 Å². The Kier molecular flexibility index (Phi) is 4.50. The largest absolute Gasteiger partial charge is 0.320 e. The fourth-order valence-corrected chi connectivity index (χ4v) is 3.38. The van der Waals surface area contributed by atoms with E-state index < -0.39 is 10.0 Å². The molecule has 1 aromatic carbocycles. The average Bonchev–Trinajstić information content (AvgIpc) is 2.77. The Balaban J connectivity index is 2.31. The molecule has 20 heavy (non-hydrogen) atoms. The highest BCUT2D eigenvalue weighted by Crippen LogP contribution is 2.27. The maximum Gasteiger partial charge on any atom is 0.265 e. The third-order valence-corrected chi connectivity index (χ3v) is 5.17. The van der Waals surface area contributed by atoms with Gasteiger partial charge in [-0.2, -0.15) is 0 Å². The number of amides is 1. The van der Waals surface area contributed by atoms with E-state index in [9.17, 15) is 13.2 Å². The first-order valence-corrected chi connectivity index (χ1v) is 8.70. The lowest BCUT2D eigenvalue weighted by molar-refractivity contribution is 0.103. The Bertz CT molecular complexity index is 774. The number of carbonyl (C=O) groups is 1. The average molecular weight is 396 g/mol. The third kappa shape index (κ3) is 3.58. The van der Waals surface area contributed by atoms with Gasteiger partial charge in [-0.1, -0.05) is 11.6 Å². The van der Waals surface area contributed by atoms with E-state index in [2.05, 4.69) is 21.2 Å². The van der Waals surface area contributed by atoms with Crippen LogP contribution in [0.5, 0.6) is 0 Å². The number of anilines is 1. The van der Waals surface area contributed by atoms with Crippen LogP contribution in [0.4, 0.5) is 5.69 Å². The Morgan fingerprint density at radius 1 is 1.30 bits per heavy atom. The van der Waals surface area contributed by atoms with Gasteiger partial charge in [-0.25, -0.2) is 13.6 Å². The molecule has 0 aliphatic carbocycles. The maximum absolute atomic E-state index is 12.0. The number of benzene rings is 1. The molecule has 0 atom stereocenters. The predicted octanol–water partition coefficient (Wildman–Crippen LogP) is 3.06. The van der Waals surface area contributed by atoms with E-state index in [0.29, 0.717) is 4.88 Å². The fraction of sp³-hybridized carbons (Fsp3) is 0. The van der Waals surface area contributed by atoms with E-state index >= 15 is 0 Å². The van der Waals surface area contributed by atoms with Crippen LogP contribution >= 0.6 is 38.9 Å². The quantitative estimate of drug-likeness (QED) is 0.837. The predicted molar refractivity (Wildman–Crippen MR) is 82.8 cm³/mol. The normalized spacial score (nSPS) is 11.3. The molecule has 9 heteroatoms. The molecule has 0 unspecified atom stereocenters. The first kappa shape index (κ1) is 15.5. The van der Waals surface area contributed by atoms with Crippen molar-refractivity contribution >= 4 is 60.5 Å². The first-order chi connectivity index (χ1) is 9.27. The molecule has 0 spiro atoms. The minimum absolute atomic E-state index is 0.121. The topological polar surface area (TPSA) is 89.3 Å². The Hall–Kier alpha value is -0.930. The number of sulfonamides is 1. The van der Waals surface area contributed by atoms with Gasteiger partial charge in [0.15, 0.2) is 0 Å². The van der Waals surface area contributed by atoms with Crippen molar-refractivity contribution in [2.45, 2.75) is 4.90 Å². The van der Waals surface area contributed by atoms with E-state index in [4.69, 9.17) is 16.7 Å². The number of nitrogens with two attached hydrogens (primary N) is 1. The molecule has 0 radical (unpaired) electrons. The zero-order chi connectivity index (χ0) is 14.9. The van der Waals surface area contributed by atoms with Gasteiger partial charge >= 0.3 is 0 Å². The van der Waals surface area contributed by atoms with E-state index in [1.54, 1.807) is 12.1 Å². The molecule has 1 aromatic heterocycles. The van der Waals surface area contributed by atoms with Gasteiger partial charge in [-0.3, -0.25) is 4.79 Å². The summed E-state index contributed by atoms with van der Waals surface area (Å²) in [6.07, 6.45) is 0. The van der Waals surface area contributed by atoms with Crippen molar-refractivity contribution in [3.05, 3.63) is 44.0 Å². The molecular formula is C11H8BrClN2O3S2. The van der Waals surface area contributed by atoms with Crippen LogP contribution in [-0.4, -0.2) is 14.3 Å². The van der Waals surface area contributed by atoms with E-state index in [0.717, 1.165) is 3.79 Å². The van der Waals surface area contributed by atoms with Gasteiger partial charge in [-0.05, 0) is 46.3 Å². The van der Waals surface area contributed by atoms with Crippen molar-refractivity contribution in [2.24, 2.45) is 5.14 Å². The number of hydrogen-bond donors (Lipinski definition) is 2. The highest BCUT2D eigenvalue weighted by molar-refractivity contribution is 9.11. The smallest absolute Gasteiger partial charge is 0.265 e. The zero-order valence-corrected chi connectivity index (χ0v) is 13.7. The van der Waals surface area contributed by atoms with E-state index in [1.165, 1.54) is 29.5 Å². The molecule has 2 aromatic rings. The minimum atomic E-state index is -3.85.